The minimum atomic E-state index is -0.260. The number of guanidine groups is 1. The average molecular weight is 542 g/mol. The molecule has 1 aromatic heterocycles. The molecule has 0 radical (unpaired) electrons. The van der Waals surface area contributed by atoms with Gasteiger partial charge in [0.2, 0.25) is 0 Å². The zero-order chi connectivity index (χ0) is 21.5. The molecule has 0 aliphatic carbocycles. The molecule has 0 unspecified atom stereocenters. The number of anilines is 1. The number of benzene rings is 2. The van der Waals surface area contributed by atoms with Gasteiger partial charge in [-0.05, 0) is 47.4 Å². The van der Waals surface area contributed by atoms with Gasteiger partial charge in [-0.25, -0.2) is 0 Å². The summed E-state index contributed by atoms with van der Waals surface area (Å²) in [7, 11) is 1.81. The number of hydrogen-bond acceptors (Lipinski definition) is 3. The number of furan rings is 1. The van der Waals surface area contributed by atoms with Crippen molar-refractivity contribution in [3.05, 3.63) is 96.0 Å². The van der Waals surface area contributed by atoms with E-state index in [-0.39, 0.29) is 29.9 Å². The fraction of sp³-hybridized carbons (Fsp3) is 0.200. The third-order valence-corrected chi connectivity index (χ3v) is 5.27. The molecule has 0 spiro atoms. The molecule has 0 bridgehead atoms. The number of carbonyl (C=O) groups is 1. The summed E-state index contributed by atoms with van der Waals surface area (Å²) in [4.78, 5) is 18.8. The Hall–Kier alpha value is -3.07. The summed E-state index contributed by atoms with van der Waals surface area (Å²) < 4.78 is 5.11. The summed E-state index contributed by atoms with van der Waals surface area (Å²) in [5.41, 5.74) is 4.52. The van der Waals surface area contributed by atoms with Crippen LogP contribution in [0.25, 0.3) is 5.57 Å². The molecule has 7 heteroatoms. The molecular weight excluding hydrogens is 515 g/mol. The minimum absolute atomic E-state index is 0. The van der Waals surface area contributed by atoms with E-state index in [1.165, 1.54) is 17.4 Å². The van der Waals surface area contributed by atoms with Gasteiger partial charge in [0.05, 0.1) is 6.26 Å². The van der Waals surface area contributed by atoms with Crippen LogP contribution < -0.4 is 10.6 Å². The van der Waals surface area contributed by atoms with Crippen LogP contribution >= 0.6 is 24.0 Å². The molecule has 0 saturated heterocycles. The number of amides is 1. The normalized spacial score (nSPS) is 13.7. The van der Waals surface area contributed by atoms with Crippen LogP contribution in [0.5, 0.6) is 0 Å². The standard InChI is InChI=1S/C25H26N4O2.HI/c1-26-25(29-15-13-21(14-16-29)20-6-3-2-4-7-20)27-18-19-9-11-22(12-10-19)28-24(30)23-8-5-17-31-23;/h2-13,17H,14-16,18H2,1H3,(H,26,27)(H,28,30);1H. The highest BCUT2D eigenvalue weighted by Crippen LogP contribution is 2.22. The predicted molar refractivity (Wildman–Crippen MR) is 139 cm³/mol. The first-order valence-electron chi connectivity index (χ1n) is 10.4. The summed E-state index contributed by atoms with van der Waals surface area (Å²) in [6, 6.07) is 21.6. The Morgan fingerprint density at radius 2 is 1.84 bits per heavy atom. The van der Waals surface area contributed by atoms with Crippen LogP contribution in [0.1, 0.15) is 28.1 Å². The highest BCUT2D eigenvalue weighted by molar-refractivity contribution is 14.0. The molecule has 1 aliphatic rings. The van der Waals surface area contributed by atoms with E-state index < -0.39 is 0 Å². The molecule has 6 nitrogen and oxygen atoms in total. The summed E-state index contributed by atoms with van der Waals surface area (Å²) in [6.07, 6.45) is 4.76. The van der Waals surface area contributed by atoms with Gasteiger partial charge in [-0.1, -0.05) is 48.5 Å². The first-order chi connectivity index (χ1) is 15.2. The lowest BCUT2D eigenvalue weighted by molar-refractivity contribution is 0.0996. The van der Waals surface area contributed by atoms with E-state index in [4.69, 9.17) is 4.42 Å². The van der Waals surface area contributed by atoms with Crippen molar-refractivity contribution in [3.8, 4) is 0 Å². The summed E-state index contributed by atoms with van der Waals surface area (Å²) in [5.74, 6) is 0.920. The predicted octanol–water partition coefficient (Wildman–Crippen LogP) is 5.01. The van der Waals surface area contributed by atoms with E-state index in [1.54, 1.807) is 12.1 Å². The first-order valence-corrected chi connectivity index (χ1v) is 10.4. The van der Waals surface area contributed by atoms with E-state index in [9.17, 15) is 4.79 Å². The molecule has 4 rings (SSSR count). The Morgan fingerprint density at radius 1 is 1.06 bits per heavy atom. The van der Waals surface area contributed by atoms with Crippen LogP contribution in [0.3, 0.4) is 0 Å². The first kappa shape index (κ1) is 23.6. The quantitative estimate of drug-likeness (QED) is 0.270. The van der Waals surface area contributed by atoms with E-state index in [0.717, 1.165) is 36.7 Å². The molecule has 1 aliphatic heterocycles. The monoisotopic (exact) mass is 542 g/mol. The molecular formula is C25H27IN4O2. The third kappa shape index (κ3) is 6.00. The smallest absolute Gasteiger partial charge is 0.291 e. The second-order valence-electron chi connectivity index (χ2n) is 7.32. The molecule has 0 saturated carbocycles. The van der Waals surface area contributed by atoms with Gasteiger partial charge in [0, 0.05) is 32.4 Å². The second kappa shape index (κ2) is 11.5. The second-order valence-corrected chi connectivity index (χ2v) is 7.32. The van der Waals surface area contributed by atoms with E-state index in [2.05, 4.69) is 50.9 Å². The van der Waals surface area contributed by atoms with E-state index in [0.29, 0.717) is 12.3 Å². The van der Waals surface area contributed by atoms with Crippen LogP contribution in [-0.4, -0.2) is 36.9 Å². The van der Waals surface area contributed by atoms with Crippen LogP contribution in [0.2, 0.25) is 0 Å². The van der Waals surface area contributed by atoms with Gasteiger partial charge in [-0.2, -0.15) is 0 Å². The maximum Gasteiger partial charge on any atom is 0.291 e. The van der Waals surface area contributed by atoms with Crippen molar-refractivity contribution in [1.29, 1.82) is 0 Å². The van der Waals surface area contributed by atoms with Crippen LogP contribution in [0, 0.1) is 0 Å². The summed E-state index contributed by atoms with van der Waals surface area (Å²) in [5, 5.41) is 6.26. The Kier molecular flexibility index (Phi) is 8.49. The highest BCUT2D eigenvalue weighted by atomic mass is 127. The van der Waals surface area contributed by atoms with Gasteiger partial charge in [0.1, 0.15) is 0 Å². The van der Waals surface area contributed by atoms with Gasteiger partial charge >= 0.3 is 0 Å². The molecule has 166 valence electrons. The SMILES string of the molecule is CN=C(NCc1ccc(NC(=O)c2ccco2)cc1)N1CC=C(c2ccccc2)CC1.I. The summed E-state index contributed by atoms with van der Waals surface area (Å²) >= 11 is 0. The van der Waals surface area contributed by atoms with Crippen molar-refractivity contribution in [2.24, 2.45) is 4.99 Å². The zero-order valence-electron chi connectivity index (χ0n) is 18.0. The molecule has 2 heterocycles. The van der Waals surface area contributed by atoms with E-state index in [1.807, 2.05) is 37.4 Å². The number of halogens is 1. The largest absolute Gasteiger partial charge is 0.459 e. The number of carbonyl (C=O) groups excluding carboxylic acids is 1. The average Bonchev–Trinajstić information content (AvgIpc) is 3.37. The number of hydrogen-bond donors (Lipinski definition) is 2. The van der Waals surface area contributed by atoms with Crippen molar-refractivity contribution >= 4 is 47.1 Å². The Labute approximate surface area is 205 Å². The van der Waals surface area contributed by atoms with Gasteiger partial charge in [0.25, 0.3) is 5.91 Å². The van der Waals surface area contributed by atoms with Crippen LogP contribution in [0.4, 0.5) is 5.69 Å². The summed E-state index contributed by atoms with van der Waals surface area (Å²) in [6.45, 7) is 2.42. The van der Waals surface area contributed by atoms with Crippen LogP contribution in [-0.2, 0) is 6.54 Å². The molecule has 1 amide bonds. The van der Waals surface area contributed by atoms with E-state index >= 15 is 0 Å². The molecule has 2 aromatic carbocycles. The highest BCUT2D eigenvalue weighted by Gasteiger charge is 2.16. The Balaban J connectivity index is 0.00000289. The molecule has 0 fully saturated rings. The topological polar surface area (TPSA) is 69.9 Å². The number of rotatable bonds is 5. The molecule has 32 heavy (non-hydrogen) atoms. The number of aliphatic imine (C=N–C) groups is 1. The van der Waals surface area contributed by atoms with Gasteiger partial charge in [0.15, 0.2) is 11.7 Å². The van der Waals surface area contributed by atoms with Crippen LogP contribution in [0.15, 0.2) is 88.5 Å². The fourth-order valence-corrected chi connectivity index (χ4v) is 3.60. The lowest BCUT2D eigenvalue weighted by Crippen LogP contribution is -2.43. The lowest BCUT2D eigenvalue weighted by atomic mass is 10.00. The fourth-order valence-electron chi connectivity index (χ4n) is 3.60. The van der Waals surface area contributed by atoms with Crippen molar-refractivity contribution < 1.29 is 9.21 Å². The number of nitrogens with zero attached hydrogens (tertiary/aromatic N) is 2. The van der Waals surface area contributed by atoms with Crippen molar-refractivity contribution in [2.75, 3.05) is 25.5 Å². The maximum absolute atomic E-state index is 12.1. The van der Waals surface area contributed by atoms with Crippen molar-refractivity contribution in [3.63, 3.8) is 0 Å². The molecule has 3 aromatic rings. The minimum Gasteiger partial charge on any atom is -0.459 e. The van der Waals surface area contributed by atoms with Gasteiger partial charge in [-0.3, -0.25) is 9.79 Å². The molecule has 2 N–H and O–H groups in total. The Bertz CT molecular complexity index is 1060. The maximum atomic E-state index is 12.1. The zero-order valence-corrected chi connectivity index (χ0v) is 20.3. The van der Waals surface area contributed by atoms with Crippen molar-refractivity contribution in [1.82, 2.24) is 10.2 Å². The third-order valence-electron chi connectivity index (χ3n) is 5.27. The van der Waals surface area contributed by atoms with Gasteiger partial charge < -0.3 is 20.0 Å². The van der Waals surface area contributed by atoms with Crippen molar-refractivity contribution in [2.45, 2.75) is 13.0 Å². The van der Waals surface area contributed by atoms with Gasteiger partial charge in [-0.15, -0.1) is 24.0 Å². The molecule has 0 atom stereocenters. The Morgan fingerprint density at radius 3 is 2.47 bits per heavy atom. The lowest BCUT2D eigenvalue weighted by Gasteiger charge is -2.29. The number of nitrogens with one attached hydrogen (secondary N) is 2.